The van der Waals surface area contributed by atoms with Gasteiger partial charge in [-0.15, -0.1) is 24.8 Å². The van der Waals surface area contributed by atoms with Crippen molar-refractivity contribution in [2.75, 3.05) is 33.2 Å². The van der Waals surface area contributed by atoms with Crippen LogP contribution in [0.25, 0.3) is 0 Å². The number of piperazine rings is 1. The van der Waals surface area contributed by atoms with Gasteiger partial charge in [-0.1, -0.05) is 30.3 Å². The summed E-state index contributed by atoms with van der Waals surface area (Å²) in [6, 6.07) is 10.7. The van der Waals surface area contributed by atoms with Gasteiger partial charge in [0.15, 0.2) is 0 Å². The first-order chi connectivity index (χ1) is 6.84. The first kappa shape index (κ1) is 15.7. The van der Waals surface area contributed by atoms with Crippen molar-refractivity contribution in [1.82, 2.24) is 9.80 Å². The summed E-state index contributed by atoms with van der Waals surface area (Å²) in [7, 11) is 2.19. The van der Waals surface area contributed by atoms with Crippen molar-refractivity contribution in [2.45, 2.75) is 6.54 Å². The van der Waals surface area contributed by atoms with E-state index < -0.39 is 0 Å². The molecule has 0 unspecified atom stereocenters. The van der Waals surface area contributed by atoms with Crippen LogP contribution in [0.3, 0.4) is 0 Å². The van der Waals surface area contributed by atoms with Gasteiger partial charge in [-0.2, -0.15) is 0 Å². The van der Waals surface area contributed by atoms with Gasteiger partial charge in [-0.3, -0.25) is 4.90 Å². The number of rotatable bonds is 2. The molecule has 2 nitrogen and oxygen atoms in total. The second-order valence-electron chi connectivity index (χ2n) is 4.07. The van der Waals surface area contributed by atoms with E-state index in [1.54, 1.807) is 0 Å². The minimum atomic E-state index is 0. The molecule has 4 heteroatoms. The van der Waals surface area contributed by atoms with E-state index in [4.69, 9.17) is 0 Å². The van der Waals surface area contributed by atoms with Crippen molar-refractivity contribution in [3.63, 3.8) is 0 Å². The van der Waals surface area contributed by atoms with Crippen LogP contribution < -0.4 is 0 Å². The van der Waals surface area contributed by atoms with Gasteiger partial charge in [0, 0.05) is 32.7 Å². The number of hydrogen-bond acceptors (Lipinski definition) is 2. The molecule has 2 rings (SSSR count). The van der Waals surface area contributed by atoms with Gasteiger partial charge in [0.25, 0.3) is 0 Å². The van der Waals surface area contributed by atoms with Gasteiger partial charge in [-0.25, -0.2) is 0 Å². The Hall–Kier alpha value is -0.280. The van der Waals surface area contributed by atoms with Crippen LogP contribution in [0.5, 0.6) is 0 Å². The predicted octanol–water partition coefficient (Wildman–Crippen LogP) is 2.28. The molecule has 1 fully saturated rings. The molecule has 0 amide bonds. The lowest BCUT2D eigenvalue weighted by Crippen LogP contribution is -2.43. The monoisotopic (exact) mass is 262 g/mol. The van der Waals surface area contributed by atoms with E-state index in [0.29, 0.717) is 0 Å². The van der Waals surface area contributed by atoms with Crippen molar-refractivity contribution in [1.29, 1.82) is 0 Å². The van der Waals surface area contributed by atoms with E-state index in [-0.39, 0.29) is 24.8 Å². The molecule has 1 aromatic carbocycles. The highest BCUT2D eigenvalue weighted by atomic mass is 35.5. The van der Waals surface area contributed by atoms with Gasteiger partial charge in [0.1, 0.15) is 0 Å². The van der Waals surface area contributed by atoms with Gasteiger partial charge >= 0.3 is 0 Å². The van der Waals surface area contributed by atoms with Crippen molar-refractivity contribution in [3.8, 4) is 0 Å². The topological polar surface area (TPSA) is 6.48 Å². The van der Waals surface area contributed by atoms with Gasteiger partial charge in [0.05, 0.1) is 0 Å². The van der Waals surface area contributed by atoms with Crippen LogP contribution >= 0.6 is 24.8 Å². The predicted molar refractivity (Wildman–Crippen MR) is 73.7 cm³/mol. The van der Waals surface area contributed by atoms with E-state index >= 15 is 0 Å². The molecule has 0 N–H and O–H groups in total. The van der Waals surface area contributed by atoms with Gasteiger partial charge in [-0.05, 0) is 12.6 Å². The van der Waals surface area contributed by atoms with Crippen molar-refractivity contribution >= 4 is 24.8 Å². The third kappa shape index (κ3) is 4.71. The van der Waals surface area contributed by atoms with Crippen molar-refractivity contribution in [3.05, 3.63) is 35.9 Å². The number of halogens is 2. The molecule has 0 aromatic heterocycles. The minimum Gasteiger partial charge on any atom is -0.304 e. The van der Waals surface area contributed by atoms with Gasteiger partial charge < -0.3 is 4.90 Å². The molecule has 0 aliphatic carbocycles. The van der Waals surface area contributed by atoms with Gasteiger partial charge in [0.2, 0.25) is 0 Å². The molecule has 0 spiro atoms. The largest absolute Gasteiger partial charge is 0.304 e. The summed E-state index contributed by atoms with van der Waals surface area (Å²) in [5.41, 5.74) is 1.43. The highest BCUT2D eigenvalue weighted by Gasteiger charge is 2.13. The minimum absolute atomic E-state index is 0. The first-order valence-electron chi connectivity index (χ1n) is 5.29. The summed E-state index contributed by atoms with van der Waals surface area (Å²) in [5.74, 6) is 0. The Kier molecular flexibility index (Phi) is 7.77. The Bertz CT molecular complexity index is 272. The third-order valence-corrected chi connectivity index (χ3v) is 2.84. The highest BCUT2D eigenvalue weighted by Crippen LogP contribution is 2.06. The molecule has 0 radical (unpaired) electrons. The Morgan fingerprint density at radius 2 is 1.50 bits per heavy atom. The summed E-state index contributed by atoms with van der Waals surface area (Å²) in [6.45, 7) is 5.91. The summed E-state index contributed by atoms with van der Waals surface area (Å²) in [5, 5.41) is 0. The molecular weight excluding hydrogens is 243 g/mol. The number of nitrogens with zero attached hydrogens (tertiary/aromatic N) is 2. The Balaban J connectivity index is 0.00000112. The Labute approximate surface area is 110 Å². The molecular formula is C12H20Cl2N2. The fraction of sp³-hybridized carbons (Fsp3) is 0.500. The molecule has 1 heterocycles. The van der Waals surface area contributed by atoms with E-state index in [9.17, 15) is 0 Å². The molecule has 1 aliphatic rings. The van der Waals surface area contributed by atoms with Crippen molar-refractivity contribution < 1.29 is 0 Å². The summed E-state index contributed by atoms with van der Waals surface area (Å²) in [4.78, 5) is 4.91. The molecule has 92 valence electrons. The Morgan fingerprint density at radius 1 is 0.938 bits per heavy atom. The summed E-state index contributed by atoms with van der Waals surface area (Å²) < 4.78 is 0. The first-order valence-corrected chi connectivity index (χ1v) is 5.29. The molecule has 1 aliphatic heterocycles. The SMILES string of the molecule is CN1CCN(Cc2ccccc2)CC1.Cl.Cl. The quantitative estimate of drug-likeness (QED) is 0.807. The molecule has 1 aromatic rings. The second-order valence-corrected chi connectivity index (χ2v) is 4.07. The molecule has 16 heavy (non-hydrogen) atoms. The zero-order chi connectivity index (χ0) is 9.80. The van der Waals surface area contributed by atoms with E-state index in [1.165, 1.54) is 31.7 Å². The summed E-state index contributed by atoms with van der Waals surface area (Å²) >= 11 is 0. The van der Waals surface area contributed by atoms with Crippen LogP contribution in [-0.4, -0.2) is 43.0 Å². The maximum absolute atomic E-state index is 2.52. The van der Waals surface area contributed by atoms with Crippen molar-refractivity contribution in [2.24, 2.45) is 0 Å². The van der Waals surface area contributed by atoms with Crippen LogP contribution in [-0.2, 0) is 6.54 Å². The Morgan fingerprint density at radius 3 is 2.06 bits per heavy atom. The fourth-order valence-electron chi connectivity index (χ4n) is 1.85. The van der Waals surface area contributed by atoms with Crippen LogP contribution in [0.1, 0.15) is 5.56 Å². The maximum Gasteiger partial charge on any atom is 0.0234 e. The zero-order valence-corrected chi connectivity index (χ0v) is 11.3. The second kappa shape index (κ2) is 7.91. The lowest BCUT2D eigenvalue weighted by Gasteiger charge is -2.32. The molecule has 1 saturated heterocycles. The normalized spacial score (nSPS) is 17.3. The summed E-state index contributed by atoms with van der Waals surface area (Å²) in [6.07, 6.45) is 0. The fourth-order valence-corrected chi connectivity index (χ4v) is 1.85. The van der Waals surface area contributed by atoms with E-state index in [1.807, 2.05) is 0 Å². The number of likely N-dealkylation sites (N-methyl/N-ethyl adjacent to an activating group) is 1. The average Bonchev–Trinajstić information content (AvgIpc) is 2.23. The zero-order valence-electron chi connectivity index (χ0n) is 9.63. The third-order valence-electron chi connectivity index (χ3n) is 2.84. The average molecular weight is 263 g/mol. The van der Waals surface area contributed by atoms with E-state index in [0.717, 1.165) is 6.54 Å². The van der Waals surface area contributed by atoms with Crippen LogP contribution in [0.15, 0.2) is 30.3 Å². The van der Waals surface area contributed by atoms with Crippen LogP contribution in [0, 0.1) is 0 Å². The standard InChI is InChI=1S/C12H18N2.2ClH/c1-13-7-9-14(10-8-13)11-12-5-3-2-4-6-12;;/h2-6H,7-11H2,1H3;2*1H. The molecule has 0 saturated carbocycles. The molecule has 0 bridgehead atoms. The maximum atomic E-state index is 2.52. The number of hydrogen-bond donors (Lipinski definition) is 0. The molecule has 0 atom stereocenters. The lowest BCUT2D eigenvalue weighted by molar-refractivity contribution is 0.148. The lowest BCUT2D eigenvalue weighted by atomic mass is 10.2. The van der Waals surface area contributed by atoms with E-state index in [2.05, 4.69) is 47.2 Å². The van der Waals surface area contributed by atoms with Crippen LogP contribution in [0.2, 0.25) is 0 Å². The highest BCUT2D eigenvalue weighted by molar-refractivity contribution is 5.85. The smallest absolute Gasteiger partial charge is 0.0234 e. The number of benzene rings is 1. The van der Waals surface area contributed by atoms with Crippen LogP contribution in [0.4, 0.5) is 0 Å².